The number of rotatable bonds is 1. The van der Waals surface area contributed by atoms with Crippen LogP contribution >= 0.6 is 12.4 Å². The highest BCUT2D eigenvalue weighted by molar-refractivity contribution is 5.85. The maximum atomic E-state index is 3.54. The first-order valence-corrected chi connectivity index (χ1v) is 5.86. The zero-order valence-electron chi connectivity index (χ0n) is 9.65. The van der Waals surface area contributed by atoms with Crippen LogP contribution < -0.4 is 10.6 Å². The topological polar surface area (TPSA) is 24.1 Å². The molecule has 1 aliphatic rings. The SMILES string of the molecule is Cl.c1ccc2cc([C@@H]3CNCCN3)ccc2c1. The van der Waals surface area contributed by atoms with Gasteiger partial charge in [0.05, 0.1) is 0 Å². The van der Waals surface area contributed by atoms with Crippen LogP contribution in [0, 0.1) is 0 Å². The summed E-state index contributed by atoms with van der Waals surface area (Å²) in [5.74, 6) is 0. The van der Waals surface area contributed by atoms with Crippen LogP contribution in [0.15, 0.2) is 42.5 Å². The van der Waals surface area contributed by atoms with Gasteiger partial charge in [-0.05, 0) is 22.4 Å². The molecular weight excluding hydrogens is 232 g/mol. The van der Waals surface area contributed by atoms with E-state index >= 15 is 0 Å². The highest BCUT2D eigenvalue weighted by Gasteiger charge is 2.13. The van der Waals surface area contributed by atoms with E-state index in [0.717, 1.165) is 19.6 Å². The van der Waals surface area contributed by atoms with Gasteiger partial charge in [0.25, 0.3) is 0 Å². The van der Waals surface area contributed by atoms with Crippen molar-refractivity contribution in [3.8, 4) is 0 Å². The van der Waals surface area contributed by atoms with E-state index in [2.05, 4.69) is 53.1 Å². The molecule has 0 unspecified atom stereocenters. The standard InChI is InChI=1S/C14H16N2.ClH/c1-2-4-12-9-13(6-5-11(12)3-1)14-10-15-7-8-16-14;/h1-6,9,14-16H,7-8,10H2;1H/t14-;/m0./s1. The summed E-state index contributed by atoms with van der Waals surface area (Å²) in [6.45, 7) is 3.15. The Balaban J connectivity index is 0.00000108. The molecule has 0 aromatic heterocycles. The van der Waals surface area contributed by atoms with Crippen LogP contribution in [0.5, 0.6) is 0 Å². The molecule has 3 heteroatoms. The summed E-state index contributed by atoms with van der Waals surface area (Å²) >= 11 is 0. The summed E-state index contributed by atoms with van der Waals surface area (Å²) in [6.07, 6.45) is 0. The summed E-state index contributed by atoms with van der Waals surface area (Å²) in [6, 6.07) is 15.7. The number of hydrogen-bond donors (Lipinski definition) is 2. The van der Waals surface area contributed by atoms with Gasteiger partial charge in [0.15, 0.2) is 0 Å². The summed E-state index contributed by atoms with van der Waals surface area (Å²) in [4.78, 5) is 0. The minimum Gasteiger partial charge on any atom is -0.314 e. The van der Waals surface area contributed by atoms with Gasteiger partial charge in [-0.1, -0.05) is 36.4 Å². The Morgan fingerprint density at radius 2 is 1.76 bits per heavy atom. The summed E-state index contributed by atoms with van der Waals surface area (Å²) < 4.78 is 0. The van der Waals surface area contributed by atoms with Crippen molar-refractivity contribution in [3.05, 3.63) is 48.0 Å². The third-order valence-corrected chi connectivity index (χ3v) is 3.22. The van der Waals surface area contributed by atoms with Gasteiger partial charge in [-0.3, -0.25) is 0 Å². The fraction of sp³-hybridized carbons (Fsp3) is 0.286. The van der Waals surface area contributed by atoms with Crippen LogP contribution in [-0.2, 0) is 0 Å². The van der Waals surface area contributed by atoms with E-state index in [1.165, 1.54) is 16.3 Å². The average Bonchev–Trinajstić information content (AvgIpc) is 2.39. The lowest BCUT2D eigenvalue weighted by Gasteiger charge is -2.25. The third kappa shape index (κ3) is 2.60. The van der Waals surface area contributed by atoms with Gasteiger partial charge in [-0.2, -0.15) is 0 Å². The zero-order valence-corrected chi connectivity index (χ0v) is 10.5. The number of halogens is 1. The summed E-state index contributed by atoms with van der Waals surface area (Å²) in [7, 11) is 0. The molecule has 1 saturated heterocycles. The molecular formula is C14H17ClN2. The first-order chi connectivity index (χ1) is 7.93. The molecule has 0 spiro atoms. The number of piperazine rings is 1. The Kier molecular flexibility index (Phi) is 4.00. The van der Waals surface area contributed by atoms with Crippen molar-refractivity contribution in [2.24, 2.45) is 0 Å². The molecule has 17 heavy (non-hydrogen) atoms. The normalized spacial score (nSPS) is 19.9. The molecule has 0 amide bonds. The van der Waals surface area contributed by atoms with Crippen molar-refractivity contribution in [1.29, 1.82) is 0 Å². The highest BCUT2D eigenvalue weighted by atomic mass is 35.5. The minimum atomic E-state index is 0. The van der Waals surface area contributed by atoms with Crippen LogP contribution in [0.2, 0.25) is 0 Å². The maximum Gasteiger partial charge on any atom is 0.0447 e. The molecule has 0 bridgehead atoms. The van der Waals surface area contributed by atoms with Gasteiger partial charge in [0.2, 0.25) is 0 Å². The van der Waals surface area contributed by atoms with E-state index in [9.17, 15) is 0 Å². The molecule has 1 fully saturated rings. The summed E-state index contributed by atoms with van der Waals surface area (Å²) in [5.41, 5.74) is 1.38. The lowest BCUT2D eigenvalue weighted by atomic mass is 10.0. The van der Waals surface area contributed by atoms with Crippen LogP contribution in [0.4, 0.5) is 0 Å². The lowest BCUT2D eigenvalue weighted by Crippen LogP contribution is -2.42. The number of fused-ring (bicyclic) bond motifs is 1. The molecule has 0 aliphatic carbocycles. The first-order valence-electron chi connectivity index (χ1n) is 5.86. The van der Waals surface area contributed by atoms with Crippen molar-refractivity contribution >= 4 is 23.2 Å². The van der Waals surface area contributed by atoms with Crippen LogP contribution in [0.3, 0.4) is 0 Å². The van der Waals surface area contributed by atoms with E-state index in [0.29, 0.717) is 6.04 Å². The second-order valence-electron chi connectivity index (χ2n) is 4.32. The molecule has 90 valence electrons. The Labute approximate surface area is 108 Å². The van der Waals surface area contributed by atoms with Crippen molar-refractivity contribution in [2.75, 3.05) is 19.6 Å². The molecule has 2 aromatic rings. The van der Waals surface area contributed by atoms with Gasteiger partial charge in [0.1, 0.15) is 0 Å². The second kappa shape index (κ2) is 5.50. The molecule has 2 N–H and O–H groups in total. The third-order valence-electron chi connectivity index (χ3n) is 3.22. The van der Waals surface area contributed by atoms with Gasteiger partial charge < -0.3 is 10.6 Å². The highest BCUT2D eigenvalue weighted by Crippen LogP contribution is 2.20. The molecule has 0 saturated carbocycles. The lowest BCUT2D eigenvalue weighted by molar-refractivity contribution is 0.430. The smallest absolute Gasteiger partial charge is 0.0447 e. The van der Waals surface area contributed by atoms with Crippen molar-refractivity contribution in [1.82, 2.24) is 10.6 Å². The Morgan fingerprint density at radius 1 is 0.941 bits per heavy atom. The van der Waals surface area contributed by atoms with Gasteiger partial charge >= 0.3 is 0 Å². The Hall–Kier alpha value is -1.09. The fourth-order valence-electron chi connectivity index (χ4n) is 2.31. The fourth-order valence-corrected chi connectivity index (χ4v) is 2.31. The van der Waals surface area contributed by atoms with Gasteiger partial charge in [0, 0.05) is 25.7 Å². The van der Waals surface area contributed by atoms with E-state index in [4.69, 9.17) is 0 Å². The largest absolute Gasteiger partial charge is 0.314 e. The number of hydrogen-bond acceptors (Lipinski definition) is 2. The van der Waals surface area contributed by atoms with E-state index in [1.807, 2.05) is 0 Å². The van der Waals surface area contributed by atoms with Crippen molar-refractivity contribution in [3.63, 3.8) is 0 Å². The molecule has 1 heterocycles. The van der Waals surface area contributed by atoms with E-state index in [-0.39, 0.29) is 12.4 Å². The average molecular weight is 249 g/mol. The van der Waals surface area contributed by atoms with Crippen molar-refractivity contribution in [2.45, 2.75) is 6.04 Å². The van der Waals surface area contributed by atoms with Gasteiger partial charge in [-0.15, -0.1) is 12.4 Å². The van der Waals surface area contributed by atoms with Gasteiger partial charge in [-0.25, -0.2) is 0 Å². The van der Waals surface area contributed by atoms with Crippen LogP contribution in [-0.4, -0.2) is 19.6 Å². The molecule has 3 rings (SSSR count). The Morgan fingerprint density at radius 3 is 2.53 bits per heavy atom. The number of nitrogens with one attached hydrogen (secondary N) is 2. The van der Waals surface area contributed by atoms with E-state index in [1.54, 1.807) is 0 Å². The monoisotopic (exact) mass is 248 g/mol. The second-order valence-corrected chi connectivity index (χ2v) is 4.32. The predicted octanol–water partition coefficient (Wildman–Crippen LogP) is 2.50. The number of benzene rings is 2. The Bertz CT molecular complexity index is 492. The molecule has 1 atom stereocenters. The van der Waals surface area contributed by atoms with Crippen molar-refractivity contribution < 1.29 is 0 Å². The quantitative estimate of drug-likeness (QED) is 0.810. The van der Waals surface area contributed by atoms with Crippen LogP contribution in [0.1, 0.15) is 11.6 Å². The maximum absolute atomic E-state index is 3.54. The summed E-state index contributed by atoms with van der Waals surface area (Å²) in [5, 5.41) is 9.60. The predicted molar refractivity (Wildman–Crippen MR) is 74.8 cm³/mol. The minimum absolute atomic E-state index is 0. The molecule has 2 aromatic carbocycles. The molecule has 2 nitrogen and oxygen atoms in total. The zero-order chi connectivity index (χ0) is 10.8. The van der Waals surface area contributed by atoms with E-state index < -0.39 is 0 Å². The van der Waals surface area contributed by atoms with Crippen LogP contribution in [0.25, 0.3) is 10.8 Å². The molecule has 0 radical (unpaired) electrons. The molecule has 1 aliphatic heterocycles. The first kappa shape index (κ1) is 12.4.